The van der Waals surface area contributed by atoms with Crippen LogP contribution < -0.4 is 4.90 Å². The zero-order chi connectivity index (χ0) is 14.1. The first-order valence-electron chi connectivity index (χ1n) is 6.39. The van der Waals surface area contributed by atoms with Crippen molar-refractivity contribution in [3.8, 4) is 0 Å². The number of halogens is 1. The Bertz CT molecular complexity index is 750. The highest BCUT2D eigenvalue weighted by Crippen LogP contribution is 2.22. The number of aryl methyl sites for hydroxylation is 1. The van der Waals surface area contributed by atoms with E-state index in [1.807, 2.05) is 12.3 Å². The Kier molecular flexibility index (Phi) is 3.44. The van der Waals surface area contributed by atoms with Gasteiger partial charge in [0.25, 0.3) is 0 Å². The maximum Gasteiger partial charge on any atom is 0.131 e. The predicted octanol–water partition coefficient (Wildman–Crippen LogP) is 3.67. The minimum Gasteiger partial charge on any atom is -0.355 e. The number of fused-ring (bicyclic) bond motifs is 1. The fraction of sp³-hybridized carbons (Fsp3) is 0.200. The molecule has 0 fully saturated rings. The van der Waals surface area contributed by atoms with Gasteiger partial charge in [0, 0.05) is 24.3 Å². The molecule has 0 amide bonds. The lowest BCUT2D eigenvalue weighted by atomic mass is 10.2. The molecule has 0 aliphatic heterocycles. The second-order valence-corrected chi connectivity index (χ2v) is 5.82. The van der Waals surface area contributed by atoms with Gasteiger partial charge in [0.15, 0.2) is 0 Å². The number of aromatic nitrogens is 3. The predicted molar refractivity (Wildman–Crippen MR) is 84.9 cm³/mol. The Balaban J connectivity index is 1.85. The van der Waals surface area contributed by atoms with Gasteiger partial charge in [0.1, 0.15) is 5.82 Å². The molecular weight excluding hydrogens is 316 g/mol. The third-order valence-corrected chi connectivity index (χ3v) is 3.72. The van der Waals surface area contributed by atoms with Crippen LogP contribution in [0.3, 0.4) is 0 Å². The van der Waals surface area contributed by atoms with Gasteiger partial charge >= 0.3 is 0 Å². The summed E-state index contributed by atoms with van der Waals surface area (Å²) in [6, 6.07) is 8.36. The van der Waals surface area contributed by atoms with Crippen LogP contribution >= 0.6 is 15.9 Å². The standard InChI is InChI=1S/C15H15BrN4/c1-10-5-12(16)7-17-15(10)20(2)8-11-3-4-13-14(6-11)19-9-18-13/h3-7,9H,8H2,1-2H3,(H,18,19). The highest BCUT2D eigenvalue weighted by atomic mass is 79.9. The van der Waals surface area contributed by atoms with Crippen molar-refractivity contribution in [1.82, 2.24) is 15.0 Å². The topological polar surface area (TPSA) is 44.8 Å². The van der Waals surface area contributed by atoms with Gasteiger partial charge in [-0.05, 0) is 52.2 Å². The van der Waals surface area contributed by atoms with E-state index in [-0.39, 0.29) is 0 Å². The summed E-state index contributed by atoms with van der Waals surface area (Å²) in [6.45, 7) is 2.88. The first kappa shape index (κ1) is 13.1. The smallest absolute Gasteiger partial charge is 0.131 e. The van der Waals surface area contributed by atoms with Crippen LogP contribution in [0.2, 0.25) is 0 Å². The number of hydrogen-bond donors (Lipinski definition) is 1. The second-order valence-electron chi connectivity index (χ2n) is 4.90. The first-order valence-corrected chi connectivity index (χ1v) is 7.18. The third kappa shape index (κ3) is 2.54. The molecule has 4 nitrogen and oxygen atoms in total. The number of hydrogen-bond acceptors (Lipinski definition) is 3. The maximum atomic E-state index is 4.49. The molecule has 0 aliphatic rings. The van der Waals surface area contributed by atoms with Crippen molar-refractivity contribution in [3.05, 3.63) is 52.4 Å². The highest BCUT2D eigenvalue weighted by Gasteiger charge is 2.08. The first-order chi connectivity index (χ1) is 9.63. The van der Waals surface area contributed by atoms with E-state index in [0.717, 1.165) is 33.4 Å². The minimum absolute atomic E-state index is 0.810. The highest BCUT2D eigenvalue weighted by molar-refractivity contribution is 9.10. The summed E-state index contributed by atoms with van der Waals surface area (Å²) in [4.78, 5) is 14.0. The second kappa shape index (κ2) is 5.25. The number of rotatable bonds is 3. The number of aromatic amines is 1. The number of pyridine rings is 1. The average Bonchev–Trinajstić information content (AvgIpc) is 2.85. The van der Waals surface area contributed by atoms with Crippen LogP contribution in [0.15, 0.2) is 41.3 Å². The van der Waals surface area contributed by atoms with E-state index in [0.29, 0.717) is 0 Å². The van der Waals surface area contributed by atoms with Crippen molar-refractivity contribution in [1.29, 1.82) is 0 Å². The van der Waals surface area contributed by atoms with Crippen molar-refractivity contribution in [2.24, 2.45) is 0 Å². The van der Waals surface area contributed by atoms with Crippen LogP contribution in [0.25, 0.3) is 11.0 Å². The Morgan fingerprint density at radius 1 is 1.25 bits per heavy atom. The molecule has 20 heavy (non-hydrogen) atoms. The van der Waals surface area contributed by atoms with E-state index in [4.69, 9.17) is 0 Å². The lowest BCUT2D eigenvalue weighted by Gasteiger charge is -2.20. The Morgan fingerprint density at radius 3 is 2.90 bits per heavy atom. The molecule has 102 valence electrons. The van der Waals surface area contributed by atoms with E-state index < -0.39 is 0 Å². The molecular formula is C15H15BrN4. The molecule has 0 atom stereocenters. The van der Waals surface area contributed by atoms with E-state index in [1.165, 1.54) is 5.56 Å². The monoisotopic (exact) mass is 330 g/mol. The number of anilines is 1. The minimum atomic E-state index is 0.810. The summed E-state index contributed by atoms with van der Waals surface area (Å²) in [5.74, 6) is 0.998. The summed E-state index contributed by atoms with van der Waals surface area (Å²) in [7, 11) is 2.06. The molecule has 0 spiro atoms. The number of nitrogens with zero attached hydrogens (tertiary/aromatic N) is 3. The van der Waals surface area contributed by atoms with Crippen LogP contribution in [-0.4, -0.2) is 22.0 Å². The van der Waals surface area contributed by atoms with Gasteiger partial charge in [-0.25, -0.2) is 9.97 Å². The summed E-state index contributed by atoms with van der Waals surface area (Å²) in [5, 5.41) is 0. The van der Waals surface area contributed by atoms with Crippen LogP contribution in [0.5, 0.6) is 0 Å². The Labute approximate surface area is 126 Å². The third-order valence-electron chi connectivity index (χ3n) is 3.28. The molecule has 2 aromatic heterocycles. The fourth-order valence-corrected chi connectivity index (χ4v) is 2.81. The molecule has 1 N–H and O–H groups in total. The number of nitrogens with one attached hydrogen (secondary N) is 1. The van der Waals surface area contributed by atoms with Crippen molar-refractivity contribution in [2.75, 3.05) is 11.9 Å². The van der Waals surface area contributed by atoms with Gasteiger partial charge in [-0.3, -0.25) is 0 Å². The van der Waals surface area contributed by atoms with Crippen LogP contribution in [0.4, 0.5) is 5.82 Å². The zero-order valence-electron chi connectivity index (χ0n) is 11.4. The van der Waals surface area contributed by atoms with E-state index >= 15 is 0 Å². The summed E-state index contributed by atoms with van der Waals surface area (Å²) >= 11 is 3.44. The summed E-state index contributed by atoms with van der Waals surface area (Å²) in [6.07, 6.45) is 3.55. The van der Waals surface area contributed by atoms with Crippen molar-refractivity contribution in [3.63, 3.8) is 0 Å². The lowest BCUT2D eigenvalue weighted by Crippen LogP contribution is -2.18. The van der Waals surface area contributed by atoms with Gasteiger partial charge in [0.2, 0.25) is 0 Å². The number of H-pyrrole nitrogens is 1. The van der Waals surface area contributed by atoms with Gasteiger partial charge < -0.3 is 9.88 Å². The summed E-state index contributed by atoms with van der Waals surface area (Å²) < 4.78 is 1.01. The van der Waals surface area contributed by atoms with Gasteiger partial charge in [-0.1, -0.05) is 6.07 Å². The quantitative estimate of drug-likeness (QED) is 0.796. The zero-order valence-corrected chi connectivity index (χ0v) is 13.0. The van der Waals surface area contributed by atoms with Crippen LogP contribution in [-0.2, 0) is 6.54 Å². The van der Waals surface area contributed by atoms with Crippen molar-refractivity contribution < 1.29 is 0 Å². The normalized spacial score (nSPS) is 10.9. The molecule has 0 radical (unpaired) electrons. The molecule has 2 heterocycles. The van der Waals surface area contributed by atoms with E-state index in [2.05, 4.69) is 68.0 Å². The van der Waals surface area contributed by atoms with Crippen LogP contribution in [0, 0.1) is 6.92 Å². The molecule has 5 heteroatoms. The molecule has 0 bridgehead atoms. The largest absolute Gasteiger partial charge is 0.355 e. The SMILES string of the molecule is Cc1cc(Br)cnc1N(C)Cc1ccc2nc[nH]c2c1. The van der Waals surface area contributed by atoms with Crippen LogP contribution in [0.1, 0.15) is 11.1 Å². The average molecular weight is 331 g/mol. The Hall–Kier alpha value is -1.88. The molecule has 3 rings (SSSR count). The molecule has 0 unspecified atom stereocenters. The summed E-state index contributed by atoms with van der Waals surface area (Å²) in [5.41, 5.74) is 4.45. The molecule has 3 aromatic rings. The van der Waals surface area contributed by atoms with Gasteiger partial charge in [-0.2, -0.15) is 0 Å². The fourth-order valence-electron chi connectivity index (χ4n) is 2.36. The Morgan fingerprint density at radius 2 is 2.10 bits per heavy atom. The van der Waals surface area contributed by atoms with Gasteiger partial charge in [-0.15, -0.1) is 0 Å². The van der Waals surface area contributed by atoms with Crippen molar-refractivity contribution >= 4 is 32.8 Å². The number of imidazole rings is 1. The molecule has 0 aliphatic carbocycles. The van der Waals surface area contributed by atoms with Gasteiger partial charge in [0.05, 0.1) is 17.4 Å². The van der Waals surface area contributed by atoms with E-state index in [1.54, 1.807) is 6.33 Å². The molecule has 1 aromatic carbocycles. The molecule has 0 saturated carbocycles. The number of benzene rings is 1. The lowest BCUT2D eigenvalue weighted by molar-refractivity contribution is 0.891. The maximum absolute atomic E-state index is 4.49. The van der Waals surface area contributed by atoms with E-state index in [9.17, 15) is 0 Å². The molecule has 0 saturated heterocycles. The van der Waals surface area contributed by atoms with Crippen molar-refractivity contribution in [2.45, 2.75) is 13.5 Å².